The molecule has 116 valence electrons. The van der Waals surface area contributed by atoms with Crippen LogP contribution < -0.4 is 5.73 Å². The van der Waals surface area contributed by atoms with Gasteiger partial charge in [0.05, 0.1) is 15.6 Å². The number of nitrogens with two attached hydrogens (primary N) is 1. The third-order valence-electron chi connectivity index (χ3n) is 3.27. The minimum atomic E-state index is -0.582. The first-order chi connectivity index (χ1) is 11.0. The van der Waals surface area contributed by atoms with E-state index in [1.54, 1.807) is 18.3 Å². The summed E-state index contributed by atoms with van der Waals surface area (Å²) in [7, 11) is 0. The maximum absolute atomic E-state index is 14.2. The van der Waals surface area contributed by atoms with E-state index in [1.807, 2.05) is 6.07 Å². The first kappa shape index (κ1) is 15.9. The smallest absolute Gasteiger partial charge is 0.134 e. The van der Waals surface area contributed by atoms with E-state index in [4.69, 9.17) is 34.3 Å². The molecule has 0 aliphatic carbocycles. The van der Waals surface area contributed by atoms with Crippen LogP contribution >= 0.6 is 34.5 Å². The predicted molar refractivity (Wildman–Crippen MR) is 94.3 cm³/mol. The Morgan fingerprint density at radius 1 is 1.17 bits per heavy atom. The molecule has 2 aromatic heterocycles. The molecule has 0 unspecified atom stereocenters. The van der Waals surface area contributed by atoms with Gasteiger partial charge in [-0.2, -0.15) is 0 Å². The lowest BCUT2D eigenvalue weighted by molar-refractivity contribution is 0.625. The third kappa shape index (κ3) is 3.08. The van der Waals surface area contributed by atoms with Crippen LogP contribution in [0.5, 0.6) is 0 Å². The Bertz CT molecular complexity index is 908. The van der Waals surface area contributed by atoms with Crippen LogP contribution in [-0.4, -0.2) is 10.7 Å². The van der Waals surface area contributed by atoms with Crippen molar-refractivity contribution in [2.45, 2.75) is 0 Å². The van der Waals surface area contributed by atoms with Crippen LogP contribution in [0.4, 0.5) is 10.2 Å². The van der Waals surface area contributed by atoms with Gasteiger partial charge in [-0.25, -0.2) is 9.37 Å². The van der Waals surface area contributed by atoms with E-state index in [0.717, 1.165) is 4.88 Å². The van der Waals surface area contributed by atoms with E-state index >= 15 is 0 Å². The molecule has 1 aromatic carbocycles. The molecular formula is C16H10Cl2FN3S. The number of thiophene rings is 1. The quantitative estimate of drug-likeness (QED) is 0.622. The van der Waals surface area contributed by atoms with Crippen LogP contribution in [0, 0.1) is 11.2 Å². The van der Waals surface area contributed by atoms with E-state index in [1.165, 1.54) is 29.5 Å². The van der Waals surface area contributed by atoms with Gasteiger partial charge in [-0.05, 0) is 36.4 Å². The van der Waals surface area contributed by atoms with Crippen LogP contribution in [0.25, 0.3) is 10.4 Å². The molecule has 0 bridgehead atoms. The van der Waals surface area contributed by atoms with E-state index in [-0.39, 0.29) is 22.1 Å². The molecule has 23 heavy (non-hydrogen) atoms. The second kappa shape index (κ2) is 6.28. The van der Waals surface area contributed by atoms with Crippen molar-refractivity contribution < 1.29 is 4.39 Å². The molecule has 0 saturated heterocycles. The molecule has 0 radical (unpaired) electrons. The van der Waals surface area contributed by atoms with E-state index < -0.39 is 5.82 Å². The molecule has 0 fully saturated rings. The van der Waals surface area contributed by atoms with E-state index in [2.05, 4.69) is 4.98 Å². The number of aromatic nitrogens is 1. The van der Waals surface area contributed by atoms with Crippen LogP contribution in [0.15, 0.2) is 42.6 Å². The number of nitrogens with zero attached hydrogens (tertiary/aromatic N) is 1. The fraction of sp³-hybridized carbons (Fsp3) is 0. The molecule has 3 rings (SSSR count). The molecule has 7 heteroatoms. The summed E-state index contributed by atoms with van der Waals surface area (Å²) in [6, 6.07) is 9.47. The summed E-state index contributed by atoms with van der Waals surface area (Å²) < 4.78 is 14.8. The predicted octanol–water partition coefficient (Wildman–Crippen LogP) is 5.25. The average molecular weight is 366 g/mol. The zero-order valence-electron chi connectivity index (χ0n) is 11.6. The second-order valence-electron chi connectivity index (χ2n) is 4.72. The summed E-state index contributed by atoms with van der Waals surface area (Å²) in [6.45, 7) is 0. The standard InChI is InChI=1S/C16H10Cl2FN3S/c17-8-1-2-9(11(19)7-8)15(20)14-10(5-6-22-16(14)21)12-3-4-13(18)23-12/h1-7,20H,(H2,21,22). The number of nitrogen functional groups attached to an aromatic ring is 1. The van der Waals surface area contributed by atoms with Crippen molar-refractivity contribution in [2.24, 2.45) is 0 Å². The molecule has 3 aromatic rings. The average Bonchev–Trinajstić information content (AvgIpc) is 2.93. The highest BCUT2D eigenvalue weighted by Gasteiger charge is 2.19. The number of pyridine rings is 1. The number of halogens is 3. The Kier molecular flexibility index (Phi) is 4.35. The van der Waals surface area contributed by atoms with Crippen molar-refractivity contribution >= 4 is 46.1 Å². The van der Waals surface area contributed by atoms with Crippen molar-refractivity contribution in [1.29, 1.82) is 5.41 Å². The van der Waals surface area contributed by atoms with Gasteiger partial charge in [-0.3, -0.25) is 5.41 Å². The topological polar surface area (TPSA) is 62.8 Å². The number of hydrogen-bond acceptors (Lipinski definition) is 4. The van der Waals surface area contributed by atoms with E-state index in [9.17, 15) is 4.39 Å². The number of nitrogens with one attached hydrogen (secondary N) is 1. The lowest BCUT2D eigenvalue weighted by Crippen LogP contribution is -2.10. The van der Waals surface area contributed by atoms with Gasteiger partial charge in [0.1, 0.15) is 11.6 Å². The fourth-order valence-electron chi connectivity index (χ4n) is 2.23. The molecule has 0 atom stereocenters. The molecule has 0 spiro atoms. The van der Waals surface area contributed by atoms with Gasteiger partial charge < -0.3 is 5.73 Å². The highest BCUT2D eigenvalue weighted by Crippen LogP contribution is 2.35. The Morgan fingerprint density at radius 2 is 1.96 bits per heavy atom. The van der Waals surface area contributed by atoms with Crippen molar-refractivity contribution in [2.75, 3.05) is 5.73 Å². The summed E-state index contributed by atoms with van der Waals surface area (Å²) in [4.78, 5) is 4.86. The molecule has 0 amide bonds. The summed E-state index contributed by atoms with van der Waals surface area (Å²) in [5.74, 6) is -0.424. The van der Waals surface area contributed by atoms with Gasteiger partial charge in [0.25, 0.3) is 0 Å². The maximum Gasteiger partial charge on any atom is 0.134 e. The summed E-state index contributed by atoms with van der Waals surface area (Å²) in [6.07, 6.45) is 1.55. The molecular weight excluding hydrogens is 356 g/mol. The number of benzene rings is 1. The van der Waals surface area contributed by atoms with Gasteiger partial charge in [-0.15, -0.1) is 11.3 Å². The van der Waals surface area contributed by atoms with Gasteiger partial charge >= 0.3 is 0 Å². The normalized spacial score (nSPS) is 10.7. The lowest BCUT2D eigenvalue weighted by atomic mass is 9.97. The summed E-state index contributed by atoms with van der Waals surface area (Å²) >= 11 is 13.1. The number of anilines is 1. The van der Waals surface area contributed by atoms with Crippen molar-refractivity contribution in [3.63, 3.8) is 0 Å². The zero-order valence-corrected chi connectivity index (χ0v) is 13.9. The maximum atomic E-state index is 14.2. The minimum Gasteiger partial charge on any atom is -0.383 e. The Morgan fingerprint density at radius 3 is 2.61 bits per heavy atom. The molecule has 2 heterocycles. The minimum absolute atomic E-state index is 0.0516. The molecule has 3 N–H and O–H groups in total. The highest BCUT2D eigenvalue weighted by atomic mass is 35.5. The highest BCUT2D eigenvalue weighted by molar-refractivity contribution is 7.19. The summed E-state index contributed by atoms with van der Waals surface area (Å²) in [5, 5.41) is 8.66. The van der Waals surface area contributed by atoms with Crippen molar-refractivity contribution in [3.8, 4) is 10.4 Å². The largest absolute Gasteiger partial charge is 0.383 e. The monoisotopic (exact) mass is 365 g/mol. The van der Waals surface area contributed by atoms with Crippen LogP contribution in [-0.2, 0) is 0 Å². The van der Waals surface area contributed by atoms with Gasteiger partial charge in [0.15, 0.2) is 0 Å². The van der Waals surface area contributed by atoms with Gasteiger partial charge in [-0.1, -0.05) is 23.2 Å². The first-order valence-corrected chi connectivity index (χ1v) is 8.09. The van der Waals surface area contributed by atoms with Crippen molar-refractivity contribution in [1.82, 2.24) is 4.98 Å². The zero-order chi connectivity index (χ0) is 16.6. The van der Waals surface area contributed by atoms with Gasteiger partial charge in [0, 0.05) is 27.2 Å². The van der Waals surface area contributed by atoms with Crippen LogP contribution in [0.3, 0.4) is 0 Å². The molecule has 0 aliphatic heterocycles. The Balaban J connectivity index is 2.17. The first-order valence-electron chi connectivity index (χ1n) is 6.52. The summed E-state index contributed by atoms with van der Waals surface area (Å²) in [5.41, 5.74) is 7.07. The Labute approximate surface area is 146 Å². The number of hydrogen-bond donors (Lipinski definition) is 2. The van der Waals surface area contributed by atoms with Crippen molar-refractivity contribution in [3.05, 3.63) is 68.9 Å². The second-order valence-corrected chi connectivity index (χ2v) is 6.87. The molecule has 0 saturated carbocycles. The molecule has 0 aliphatic rings. The number of rotatable bonds is 3. The SMILES string of the molecule is N=C(c1ccc(Cl)cc1F)c1c(-c2ccc(Cl)s2)ccnc1N. The van der Waals surface area contributed by atoms with Gasteiger partial charge in [0.2, 0.25) is 0 Å². The Hall–Kier alpha value is -1.95. The van der Waals surface area contributed by atoms with E-state index in [0.29, 0.717) is 15.5 Å². The fourth-order valence-corrected chi connectivity index (χ4v) is 3.47. The lowest BCUT2D eigenvalue weighted by Gasteiger charge is -2.12. The third-order valence-corrected chi connectivity index (χ3v) is 4.77. The van der Waals surface area contributed by atoms with Crippen LogP contribution in [0.2, 0.25) is 9.36 Å². The van der Waals surface area contributed by atoms with Crippen LogP contribution in [0.1, 0.15) is 11.1 Å². The molecule has 3 nitrogen and oxygen atoms in total.